The van der Waals surface area contributed by atoms with Crippen molar-refractivity contribution in [2.75, 3.05) is 0 Å². The molecule has 3 nitrogen and oxygen atoms in total. The van der Waals surface area contributed by atoms with Gasteiger partial charge in [0.15, 0.2) is 17.5 Å². The maximum absolute atomic E-state index is 13.6. The summed E-state index contributed by atoms with van der Waals surface area (Å²) in [5.74, 6) is -4.98. The summed E-state index contributed by atoms with van der Waals surface area (Å²) < 4.78 is 66.1. The Labute approximate surface area is 139 Å². The summed E-state index contributed by atoms with van der Waals surface area (Å²) in [5.41, 5.74) is 1.71. The highest BCUT2D eigenvalue weighted by molar-refractivity contribution is 7.89. The average molecular weight is 357 g/mol. The average Bonchev–Trinajstić information content (AvgIpc) is 2.50. The number of hydrogen-bond donors (Lipinski definition) is 1. The Morgan fingerprint density at radius 1 is 0.917 bits per heavy atom. The molecular weight excluding hydrogens is 339 g/mol. The van der Waals surface area contributed by atoms with Gasteiger partial charge < -0.3 is 0 Å². The van der Waals surface area contributed by atoms with Crippen LogP contribution in [0, 0.1) is 17.5 Å². The Balaban J connectivity index is 2.18. The van der Waals surface area contributed by atoms with Crippen molar-refractivity contribution in [1.29, 1.82) is 0 Å². The largest absolute Gasteiger partial charge is 0.243 e. The molecule has 0 aromatic heterocycles. The van der Waals surface area contributed by atoms with Crippen molar-refractivity contribution in [2.24, 2.45) is 0 Å². The fourth-order valence-electron chi connectivity index (χ4n) is 2.09. The summed E-state index contributed by atoms with van der Waals surface area (Å²) in [6.07, 6.45) is 0. The molecule has 2 rings (SSSR count). The summed E-state index contributed by atoms with van der Waals surface area (Å²) in [5, 5.41) is 0. The highest BCUT2D eigenvalue weighted by atomic mass is 32.2. The molecular formula is C17H18F3NO2S. The van der Waals surface area contributed by atoms with Gasteiger partial charge in [-0.2, -0.15) is 0 Å². The van der Waals surface area contributed by atoms with E-state index in [2.05, 4.69) is 25.5 Å². The van der Waals surface area contributed by atoms with Gasteiger partial charge >= 0.3 is 0 Å². The topological polar surface area (TPSA) is 46.2 Å². The van der Waals surface area contributed by atoms with Crippen LogP contribution in [0.2, 0.25) is 0 Å². The van der Waals surface area contributed by atoms with E-state index in [-0.39, 0.29) is 12.0 Å². The van der Waals surface area contributed by atoms with Gasteiger partial charge in [-0.05, 0) is 28.7 Å². The molecule has 0 aliphatic carbocycles. The second-order valence-corrected chi connectivity index (χ2v) is 8.18. The summed E-state index contributed by atoms with van der Waals surface area (Å²) in [4.78, 5) is -0.923. The number of nitrogens with one attached hydrogen (secondary N) is 1. The van der Waals surface area contributed by atoms with Crippen LogP contribution in [0.15, 0.2) is 41.3 Å². The lowest BCUT2D eigenvalue weighted by Gasteiger charge is -2.19. The van der Waals surface area contributed by atoms with E-state index in [1.165, 1.54) is 0 Å². The molecule has 0 heterocycles. The molecule has 24 heavy (non-hydrogen) atoms. The Morgan fingerprint density at radius 2 is 1.50 bits per heavy atom. The third kappa shape index (κ3) is 3.96. The number of halogens is 3. The summed E-state index contributed by atoms with van der Waals surface area (Å²) in [6.45, 7) is 6.06. The molecule has 0 saturated heterocycles. The molecule has 7 heteroatoms. The molecule has 2 aromatic carbocycles. The van der Waals surface area contributed by atoms with E-state index in [0.717, 1.165) is 5.56 Å². The number of rotatable bonds is 4. The molecule has 1 N–H and O–H groups in total. The van der Waals surface area contributed by atoms with Gasteiger partial charge in [-0.3, -0.25) is 0 Å². The second kappa shape index (κ2) is 6.57. The first-order valence-corrected chi connectivity index (χ1v) is 8.73. The molecule has 0 aliphatic rings. The first-order chi connectivity index (χ1) is 11.0. The quantitative estimate of drug-likeness (QED) is 0.844. The molecule has 0 spiro atoms. The number of sulfonamides is 1. The van der Waals surface area contributed by atoms with Crippen LogP contribution in [-0.4, -0.2) is 8.42 Å². The van der Waals surface area contributed by atoms with Gasteiger partial charge in [-0.15, -0.1) is 0 Å². The van der Waals surface area contributed by atoms with Crippen LogP contribution in [0.1, 0.15) is 31.9 Å². The number of benzene rings is 2. The van der Waals surface area contributed by atoms with Crippen molar-refractivity contribution >= 4 is 10.0 Å². The molecule has 2 aromatic rings. The standard InChI is InChI=1S/C17H18F3NO2S/c1-17(2,3)12-6-4-11(5-7-12)10-21-24(22,23)14-9-8-13(18)15(19)16(14)20/h4-9,21H,10H2,1-3H3. The minimum atomic E-state index is -4.30. The molecule has 0 aliphatic heterocycles. The van der Waals surface area contributed by atoms with Crippen LogP contribution in [0.5, 0.6) is 0 Å². The molecule has 0 atom stereocenters. The summed E-state index contributed by atoms with van der Waals surface area (Å²) >= 11 is 0. The van der Waals surface area contributed by atoms with Gasteiger partial charge in [0.1, 0.15) is 4.90 Å². The first kappa shape index (κ1) is 18.5. The maximum atomic E-state index is 13.6. The molecule has 0 unspecified atom stereocenters. The van der Waals surface area contributed by atoms with Gasteiger partial charge in [-0.1, -0.05) is 45.0 Å². The Hall–Kier alpha value is -1.86. The van der Waals surface area contributed by atoms with Crippen LogP contribution < -0.4 is 4.72 Å². The van der Waals surface area contributed by atoms with Crippen LogP contribution in [0.3, 0.4) is 0 Å². The molecule has 0 radical (unpaired) electrons. The van der Waals surface area contributed by atoms with E-state index >= 15 is 0 Å². The minimum absolute atomic E-state index is 0.0349. The fraction of sp³-hybridized carbons (Fsp3) is 0.294. The van der Waals surface area contributed by atoms with Crippen LogP contribution in [0.4, 0.5) is 13.2 Å². The maximum Gasteiger partial charge on any atom is 0.243 e. The molecule has 0 fully saturated rings. The van der Waals surface area contributed by atoms with Crippen molar-refractivity contribution in [2.45, 2.75) is 37.6 Å². The molecule has 0 saturated carbocycles. The normalized spacial score (nSPS) is 12.4. The lowest BCUT2D eigenvalue weighted by molar-refractivity contribution is 0.431. The van der Waals surface area contributed by atoms with Gasteiger partial charge in [0.05, 0.1) is 0 Å². The van der Waals surface area contributed by atoms with Gasteiger partial charge in [0.25, 0.3) is 0 Å². The zero-order valence-electron chi connectivity index (χ0n) is 13.5. The summed E-state index contributed by atoms with van der Waals surface area (Å²) in [6, 6.07) is 8.53. The van der Waals surface area contributed by atoms with Crippen molar-refractivity contribution in [3.63, 3.8) is 0 Å². The Kier molecular flexibility index (Phi) is 5.05. The van der Waals surface area contributed by atoms with Crippen molar-refractivity contribution in [3.05, 3.63) is 65.0 Å². The SMILES string of the molecule is CC(C)(C)c1ccc(CNS(=O)(=O)c2ccc(F)c(F)c2F)cc1. The smallest absolute Gasteiger partial charge is 0.207 e. The predicted octanol–water partition coefficient (Wildman–Crippen LogP) is 3.88. The number of hydrogen-bond acceptors (Lipinski definition) is 2. The Morgan fingerprint density at radius 3 is 2.04 bits per heavy atom. The van der Waals surface area contributed by atoms with E-state index in [4.69, 9.17) is 0 Å². The van der Waals surface area contributed by atoms with Crippen LogP contribution >= 0.6 is 0 Å². The van der Waals surface area contributed by atoms with Crippen molar-refractivity contribution < 1.29 is 21.6 Å². The monoisotopic (exact) mass is 357 g/mol. The van der Waals surface area contributed by atoms with Crippen LogP contribution in [0.25, 0.3) is 0 Å². The van der Waals surface area contributed by atoms with E-state index in [1.807, 2.05) is 12.1 Å². The van der Waals surface area contributed by atoms with E-state index in [0.29, 0.717) is 17.7 Å². The highest BCUT2D eigenvalue weighted by Gasteiger charge is 2.23. The van der Waals surface area contributed by atoms with Crippen molar-refractivity contribution in [3.8, 4) is 0 Å². The Bertz CT molecular complexity index is 841. The third-order valence-corrected chi connectivity index (χ3v) is 4.99. The lowest BCUT2D eigenvalue weighted by atomic mass is 9.87. The molecule has 130 valence electrons. The van der Waals surface area contributed by atoms with E-state index in [1.54, 1.807) is 12.1 Å². The third-order valence-electron chi connectivity index (χ3n) is 3.58. The van der Waals surface area contributed by atoms with Gasteiger partial charge in [-0.25, -0.2) is 26.3 Å². The zero-order chi connectivity index (χ0) is 18.1. The van der Waals surface area contributed by atoms with E-state index in [9.17, 15) is 21.6 Å². The second-order valence-electron chi connectivity index (χ2n) is 6.44. The van der Waals surface area contributed by atoms with E-state index < -0.39 is 32.4 Å². The summed E-state index contributed by atoms with van der Waals surface area (Å²) in [7, 11) is -4.30. The van der Waals surface area contributed by atoms with Crippen LogP contribution in [-0.2, 0) is 22.0 Å². The zero-order valence-corrected chi connectivity index (χ0v) is 14.3. The van der Waals surface area contributed by atoms with Gasteiger partial charge in [0, 0.05) is 6.54 Å². The van der Waals surface area contributed by atoms with Crippen molar-refractivity contribution in [1.82, 2.24) is 4.72 Å². The lowest BCUT2D eigenvalue weighted by Crippen LogP contribution is -2.24. The first-order valence-electron chi connectivity index (χ1n) is 7.25. The molecule has 0 amide bonds. The fourth-order valence-corrected chi connectivity index (χ4v) is 3.18. The highest BCUT2D eigenvalue weighted by Crippen LogP contribution is 2.23. The minimum Gasteiger partial charge on any atom is -0.207 e. The van der Waals surface area contributed by atoms with Gasteiger partial charge in [0.2, 0.25) is 10.0 Å². The predicted molar refractivity (Wildman–Crippen MR) is 85.5 cm³/mol. The molecule has 0 bridgehead atoms.